The average Bonchev–Trinajstić information content (AvgIpc) is 2.77. The summed E-state index contributed by atoms with van der Waals surface area (Å²) in [7, 11) is 1.33. The molecular weight excluding hydrogens is 218 g/mol. The first-order valence-corrected chi connectivity index (χ1v) is 5.63. The van der Waals surface area contributed by atoms with Crippen LogP contribution in [-0.4, -0.2) is 19.1 Å². The summed E-state index contributed by atoms with van der Waals surface area (Å²) in [6.45, 7) is 7.75. The van der Waals surface area contributed by atoms with Gasteiger partial charge in [-0.2, -0.15) is 0 Å². The first kappa shape index (κ1) is 13.5. The molecule has 4 heteroatoms. The van der Waals surface area contributed by atoms with Crippen LogP contribution < -0.4 is 5.32 Å². The van der Waals surface area contributed by atoms with Gasteiger partial charge in [0.1, 0.15) is 5.76 Å². The molecule has 0 amide bonds. The number of ether oxygens (including phenoxy) is 1. The fraction of sp³-hybridized carbons (Fsp3) is 0.462. The Morgan fingerprint density at radius 1 is 1.59 bits per heavy atom. The molecule has 0 aliphatic carbocycles. The van der Waals surface area contributed by atoms with E-state index < -0.39 is 5.97 Å². The van der Waals surface area contributed by atoms with E-state index in [1.807, 2.05) is 13.0 Å². The van der Waals surface area contributed by atoms with E-state index in [4.69, 9.17) is 4.42 Å². The molecule has 4 nitrogen and oxygen atoms in total. The van der Waals surface area contributed by atoms with Crippen LogP contribution in [0, 0.1) is 0 Å². The van der Waals surface area contributed by atoms with E-state index in [9.17, 15) is 4.79 Å². The quantitative estimate of drug-likeness (QED) is 0.610. The Labute approximate surface area is 102 Å². The number of hydrogen-bond donors (Lipinski definition) is 1. The Morgan fingerprint density at radius 3 is 2.88 bits per heavy atom. The molecule has 1 aromatic rings. The minimum Gasteiger partial charge on any atom is -0.463 e. The third-order valence-corrected chi connectivity index (χ3v) is 2.49. The molecule has 17 heavy (non-hydrogen) atoms. The van der Waals surface area contributed by atoms with E-state index in [-0.39, 0.29) is 11.8 Å². The largest absolute Gasteiger partial charge is 0.463 e. The maximum Gasteiger partial charge on any atom is 0.373 e. The molecule has 1 N–H and O–H groups in total. The lowest BCUT2D eigenvalue weighted by Gasteiger charge is -2.16. The van der Waals surface area contributed by atoms with Gasteiger partial charge in [-0.3, -0.25) is 0 Å². The number of hydrogen-bond acceptors (Lipinski definition) is 4. The predicted molar refractivity (Wildman–Crippen MR) is 65.9 cm³/mol. The highest BCUT2D eigenvalue weighted by atomic mass is 16.5. The second-order valence-electron chi connectivity index (χ2n) is 4.01. The highest BCUT2D eigenvalue weighted by molar-refractivity contribution is 5.86. The minimum absolute atomic E-state index is 0.0448. The molecule has 2 unspecified atom stereocenters. The van der Waals surface area contributed by atoms with E-state index in [2.05, 4.69) is 23.6 Å². The van der Waals surface area contributed by atoms with Crippen LogP contribution in [0.25, 0.3) is 0 Å². The molecule has 0 aromatic carbocycles. The molecule has 0 aliphatic heterocycles. The van der Waals surface area contributed by atoms with Gasteiger partial charge in [-0.25, -0.2) is 4.79 Å². The Morgan fingerprint density at radius 2 is 2.29 bits per heavy atom. The first-order chi connectivity index (χ1) is 8.08. The van der Waals surface area contributed by atoms with E-state index in [1.165, 1.54) is 7.11 Å². The Balaban J connectivity index is 2.63. The van der Waals surface area contributed by atoms with Crippen molar-refractivity contribution in [2.75, 3.05) is 7.11 Å². The van der Waals surface area contributed by atoms with E-state index >= 15 is 0 Å². The van der Waals surface area contributed by atoms with Crippen molar-refractivity contribution < 1.29 is 13.9 Å². The zero-order valence-electron chi connectivity index (χ0n) is 10.5. The summed E-state index contributed by atoms with van der Waals surface area (Å²) in [5.74, 6) is 0.497. The van der Waals surface area contributed by atoms with Crippen LogP contribution in [0.15, 0.2) is 29.2 Å². The van der Waals surface area contributed by atoms with Gasteiger partial charge in [0.2, 0.25) is 5.76 Å². The molecule has 1 heterocycles. The van der Waals surface area contributed by atoms with Crippen molar-refractivity contribution in [3.05, 3.63) is 36.3 Å². The van der Waals surface area contributed by atoms with Gasteiger partial charge in [0.15, 0.2) is 0 Å². The van der Waals surface area contributed by atoms with Crippen LogP contribution >= 0.6 is 0 Å². The fourth-order valence-corrected chi connectivity index (χ4v) is 1.62. The minimum atomic E-state index is -0.456. The van der Waals surface area contributed by atoms with Crippen molar-refractivity contribution in [1.82, 2.24) is 5.32 Å². The summed E-state index contributed by atoms with van der Waals surface area (Å²) in [6.07, 6.45) is 2.75. The maximum atomic E-state index is 11.2. The molecule has 0 radical (unpaired) electrons. The molecule has 1 rings (SSSR count). The Bertz CT molecular complexity index is 384. The summed E-state index contributed by atoms with van der Waals surface area (Å²) in [4.78, 5) is 11.2. The topological polar surface area (TPSA) is 51.5 Å². The van der Waals surface area contributed by atoms with Crippen molar-refractivity contribution in [1.29, 1.82) is 0 Å². The molecule has 0 saturated heterocycles. The Kier molecular flexibility index (Phi) is 4.97. The molecular formula is C13H19NO3. The number of carbonyl (C=O) groups is 1. The highest BCUT2D eigenvalue weighted by Gasteiger charge is 2.16. The standard InChI is InChI=1S/C13H19NO3/c1-5-6-9(2)14-10(3)11-7-8-12(17-11)13(15)16-4/h5,7-10,14H,1,6H2,2-4H3. The molecule has 94 valence electrons. The van der Waals surface area contributed by atoms with E-state index in [0.717, 1.165) is 12.2 Å². The predicted octanol–water partition coefficient (Wildman–Crippen LogP) is 2.68. The molecule has 0 bridgehead atoms. The van der Waals surface area contributed by atoms with E-state index in [0.29, 0.717) is 6.04 Å². The first-order valence-electron chi connectivity index (χ1n) is 5.63. The number of carbonyl (C=O) groups excluding carboxylic acids is 1. The molecule has 1 aromatic heterocycles. The van der Waals surface area contributed by atoms with Crippen LogP contribution in [0.3, 0.4) is 0 Å². The highest BCUT2D eigenvalue weighted by Crippen LogP contribution is 2.17. The van der Waals surface area contributed by atoms with Gasteiger partial charge in [-0.15, -0.1) is 6.58 Å². The van der Waals surface area contributed by atoms with Crippen molar-refractivity contribution in [3.63, 3.8) is 0 Å². The van der Waals surface area contributed by atoms with Gasteiger partial charge < -0.3 is 14.5 Å². The van der Waals surface area contributed by atoms with Crippen molar-refractivity contribution in [2.24, 2.45) is 0 Å². The number of esters is 1. The van der Waals surface area contributed by atoms with Gasteiger partial charge in [-0.1, -0.05) is 6.08 Å². The number of nitrogens with one attached hydrogen (secondary N) is 1. The molecule has 0 aliphatic rings. The average molecular weight is 237 g/mol. The summed E-state index contributed by atoms with van der Waals surface area (Å²) in [5, 5.41) is 3.35. The lowest BCUT2D eigenvalue weighted by atomic mass is 10.2. The zero-order valence-corrected chi connectivity index (χ0v) is 10.5. The summed E-state index contributed by atoms with van der Waals surface area (Å²) in [6, 6.07) is 3.76. The fourth-order valence-electron chi connectivity index (χ4n) is 1.62. The third kappa shape index (κ3) is 3.75. The van der Waals surface area contributed by atoms with Crippen molar-refractivity contribution >= 4 is 5.97 Å². The summed E-state index contributed by atoms with van der Waals surface area (Å²) < 4.78 is 10.00. The molecule has 0 fully saturated rings. The van der Waals surface area contributed by atoms with Crippen LogP contribution in [-0.2, 0) is 4.74 Å². The lowest BCUT2D eigenvalue weighted by molar-refractivity contribution is 0.0562. The summed E-state index contributed by atoms with van der Waals surface area (Å²) >= 11 is 0. The molecule has 2 atom stereocenters. The van der Waals surface area contributed by atoms with Crippen LogP contribution in [0.4, 0.5) is 0 Å². The smallest absolute Gasteiger partial charge is 0.373 e. The second kappa shape index (κ2) is 6.25. The number of furan rings is 1. The van der Waals surface area contributed by atoms with Crippen LogP contribution in [0.2, 0.25) is 0 Å². The van der Waals surface area contributed by atoms with Gasteiger partial charge in [-0.05, 0) is 32.4 Å². The summed E-state index contributed by atoms with van der Waals surface area (Å²) in [5.41, 5.74) is 0. The SMILES string of the molecule is C=CCC(C)NC(C)c1ccc(C(=O)OC)o1. The van der Waals surface area contributed by atoms with Crippen LogP contribution in [0.5, 0.6) is 0 Å². The van der Waals surface area contributed by atoms with Crippen LogP contribution in [0.1, 0.15) is 42.6 Å². The van der Waals surface area contributed by atoms with Gasteiger partial charge in [0, 0.05) is 6.04 Å². The zero-order chi connectivity index (χ0) is 12.8. The number of methoxy groups -OCH3 is 1. The molecule has 0 spiro atoms. The van der Waals surface area contributed by atoms with Crippen molar-refractivity contribution in [2.45, 2.75) is 32.4 Å². The van der Waals surface area contributed by atoms with Gasteiger partial charge in [0.25, 0.3) is 0 Å². The third-order valence-electron chi connectivity index (χ3n) is 2.49. The lowest BCUT2D eigenvalue weighted by Crippen LogP contribution is -2.28. The van der Waals surface area contributed by atoms with Gasteiger partial charge in [0.05, 0.1) is 13.2 Å². The van der Waals surface area contributed by atoms with Gasteiger partial charge >= 0.3 is 5.97 Å². The maximum absolute atomic E-state index is 11.2. The van der Waals surface area contributed by atoms with Crippen molar-refractivity contribution in [3.8, 4) is 0 Å². The second-order valence-corrected chi connectivity index (χ2v) is 4.01. The monoisotopic (exact) mass is 237 g/mol. The normalized spacial score (nSPS) is 14.1. The number of rotatable bonds is 6. The molecule has 0 saturated carbocycles. The van der Waals surface area contributed by atoms with E-state index in [1.54, 1.807) is 12.1 Å². The Hall–Kier alpha value is -1.55.